The highest BCUT2D eigenvalue weighted by Gasteiger charge is 2.35. The normalized spacial score (nSPS) is 20.2. The van der Waals surface area contributed by atoms with Gasteiger partial charge in [0.2, 0.25) is 0 Å². The van der Waals surface area contributed by atoms with E-state index in [0.29, 0.717) is 11.8 Å². The fourth-order valence-corrected chi connectivity index (χ4v) is 5.07. The van der Waals surface area contributed by atoms with Crippen LogP contribution >= 0.6 is 0 Å². The molecule has 30 heavy (non-hydrogen) atoms. The third-order valence-electron chi connectivity index (χ3n) is 6.36. The lowest BCUT2D eigenvalue weighted by atomic mass is 9.82. The summed E-state index contributed by atoms with van der Waals surface area (Å²) in [6, 6.07) is 13.9. The molecule has 0 unspecified atom stereocenters. The molecule has 2 aliphatic heterocycles. The van der Waals surface area contributed by atoms with Crippen molar-refractivity contribution in [1.29, 1.82) is 0 Å². The van der Waals surface area contributed by atoms with Crippen LogP contribution in [0.15, 0.2) is 72.0 Å². The zero-order chi connectivity index (χ0) is 20.1. The molecule has 148 valence electrons. The molecule has 1 saturated heterocycles. The van der Waals surface area contributed by atoms with Crippen molar-refractivity contribution in [2.75, 3.05) is 18.0 Å². The van der Waals surface area contributed by atoms with E-state index in [0.717, 1.165) is 59.6 Å². The summed E-state index contributed by atoms with van der Waals surface area (Å²) in [6.45, 7) is 2.53. The molecule has 0 N–H and O–H groups in total. The molecule has 0 radical (unpaired) electrons. The van der Waals surface area contributed by atoms with Crippen molar-refractivity contribution in [3.8, 4) is 11.1 Å². The summed E-state index contributed by atoms with van der Waals surface area (Å²) >= 11 is 0. The second kappa shape index (κ2) is 6.76. The first kappa shape index (κ1) is 17.3. The molecule has 0 aliphatic carbocycles. The average molecular weight is 395 g/mol. The smallest absolute Gasteiger partial charge is 0.251 e. The summed E-state index contributed by atoms with van der Waals surface area (Å²) in [4.78, 5) is 28.7. The van der Waals surface area contributed by atoms with Crippen molar-refractivity contribution >= 4 is 16.7 Å². The molecule has 4 aromatic rings. The predicted octanol–water partition coefficient (Wildman–Crippen LogP) is 3.48. The van der Waals surface area contributed by atoms with Crippen LogP contribution in [0.1, 0.15) is 18.0 Å². The van der Waals surface area contributed by atoms with Crippen molar-refractivity contribution in [1.82, 2.24) is 19.5 Å². The van der Waals surface area contributed by atoms with E-state index in [1.807, 2.05) is 47.4 Å². The van der Waals surface area contributed by atoms with E-state index in [-0.39, 0.29) is 5.56 Å². The Morgan fingerprint density at radius 1 is 0.900 bits per heavy atom. The van der Waals surface area contributed by atoms with Crippen LogP contribution in [0.25, 0.3) is 22.0 Å². The van der Waals surface area contributed by atoms with Gasteiger partial charge < -0.3 is 9.47 Å². The van der Waals surface area contributed by atoms with Crippen LogP contribution in [-0.4, -0.2) is 32.6 Å². The van der Waals surface area contributed by atoms with Gasteiger partial charge in [0.15, 0.2) is 0 Å². The first-order chi connectivity index (χ1) is 14.8. The third kappa shape index (κ3) is 2.79. The van der Waals surface area contributed by atoms with Crippen molar-refractivity contribution in [2.45, 2.75) is 18.9 Å². The van der Waals surface area contributed by atoms with Crippen molar-refractivity contribution in [3.63, 3.8) is 0 Å². The number of rotatable bonds is 2. The number of piperidine rings is 1. The van der Waals surface area contributed by atoms with Gasteiger partial charge >= 0.3 is 0 Å². The first-order valence-corrected chi connectivity index (χ1v) is 10.4. The third-order valence-corrected chi connectivity index (χ3v) is 6.36. The zero-order valence-corrected chi connectivity index (χ0v) is 16.5. The van der Waals surface area contributed by atoms with Gasteiger partial charge in [-0.2, -0.15) is 0 Å². The predicted molar refractivity (Wildman–Crippen MR) is 117 cm³/mol. The van der Waals surface area contributed by atoms with E-state index in [9.17, 15) is 4.79 Å². The van der Waals surface area contributed by atoms with Gasteiger partial charge in [0.05, 0.1) is 5.52 Å². The van der Waals surface area contributed by atoms with Gasteiger partial charge in [-0.3, -0.25) is 14.8 Å². The molecule has 0 aromatic carbocycles. The number of hydrogen-bond donors (Lipinski definition) is 0. The fourth-order valence-electron chi connectivity index (χ4n) is 5.07. The topological polar surface area (TPSA) is 63.9 Å². The number of anilines is 1. The number of nitrogens with zero attached hydrogens (tertiary/aromatic N) is 5. The van der Waals surface area contributed by atoms with Gasteiger partial charge in [-0.25, -0.2) is 4.98 Å². The molecule has 4 aromatic heterocycles. The van der Waals surface area contributed by atoms with Crippen molar-refractivity contribution < 1.29 is 0 Å². The Morgan fingerprint density at radius 2 is 1.83 bits per heavy atom. The molecule has 6 nitrogen and oxygen atoms in total. The molecule has 0 spiro atoms. The monoisotopic (exact) mass is 395 g/mol. The molecule has 6 heteroatoms. The van der Waals surface area contributed by atoms with Crippen molar-refractivity contribution in [3.05, 3.63) is 83.3 Å². The van der Waals surface area contributed by atoms with E-state index in [4.69, 9.17) is 4.98 Å². The summed E-state index contributed by atoms with van der Waals surface area (Å²) in [5.41, 5.74) is 4.10. The van der Waals surface area contributed by atoms with Crippen LogP contribution in [0.4, 0.5) is 5.82 Å². The highest BCUT2D eigenvalue weighted by atomic mass is 16.1. The lowest BCUT2D eigenvalue weighted by molar-refractivity contribution is 0.281. The fraction of sp³-hybridized carbons (Fsp3) is 0.250. The van der Waals surface area contributed by atoms with E-state index in [1.165, 1.54) is 0 Å². The van der Waals surface area contributed by atoms with Gasteiger partial charge in [-0.05, 0) is 48.2 Å². The van der Waals surface area contributed by atoms with Crippen LogP contribution in [0.2, 0.25) is 0 Å². The van der Waals surface area contributed by atoms with Gasteiger partial charge in [0, 0.05) is 73.0 Å². The van der Waals surface area contributed by atoms with Crippen LogP contribution < -0.4 is 10.5 Å². The minimum atomic E-state index is 0.0852. The molecule has 6 rings (SSSR count). The molecule has 2 aliphatic rings. The SMILES string of the molecule is O=c1cc(-c2cccnc2)cc2n1C[C@H]1C[C@@H]2CN(c2nccc3ncccc23)C1. The Bertz CT molecular complexity index is 1290. The second-order valence-electron chi connectivity index (χ2n) is 8.27. The van der Waals surface area contributed by atoms with Gasteiger partial charge in [0.25, 0.3) is 5.56 Å². The lowest BCUT2D eigenvalue weighted by Gasteiger charge is -2.43. The first-order valence-electron chi connectivity index (χ1n) is 10.4. The second-order valence-corrected chi connectivity index (χ2v) is 8.27. The van der Waals surface area contributed by atoms with Crippen LogP contribution in [0, 0.1) is 5.92 Å². The Kier molecular flexibility index (Phi) is 3.91. The quantitative estimate of drug-likeness (QED) is 0.520. The summed E-state index contributed by atoms with van der Waals surface area (Å²) in [7, 11) is 0. The van der Waals surface area contributed by atoms with Gasteiger partial charge in [-0.15, -0.1) is 0 Å². The van der Waals surface area contributed by atoms with Crippen molar-refractivity contribution in [2.24, 2.45) is 5.92 Å². The van der Waals surface area contributed by atoms with E-state index in [2.05, 4.69) is 27.0 Å². The number of fused-ring (bicyclic) bond motifs is 5. The highest BCUT2D eigenvalue weighted by molar-refractivity contribution is 5.89. The molecule has 2 atom stereocenters. The van der Waals surface area contributed by atoms with Crippen LogP contribution in [-0.2, 0) is 6.54 Å². The molecule has 1 fully saturated rings. The Hall–Kier alpha value is -3.54. The average Bonchev–Trinajstić information content (AvgIpc) is 2.80. The minimum absolute atomic E-state index is 0.0852. The Balaban J connectivity index is 1.42. The number of pyridine rings is 4. The van der Waals surface area contributed by atoms with Gasteiger partial charge in [0.1, 0.15) is 5.82 Å². The van der Waals surface area contributed by atoms with E-state index in [1.54, 1.807) is 12.3 Å². The molecule has 0 saturated carbocycles. The van der Waals surface area contributed by atoms with E-state index < -0.39 is 0 Å². The Labute approximate surface area is 173 Å². The highest BCUT2D eigenvalue weighted by Crippen LogP contribution is 2.38. The maximum absolute atomic E-state index is 12.9. The van der Waals surface area contributed by atoms with Crippen LogP contribution in [0.3, 0.4) is 0 Å². The maximum atomic E-state index is 12.9. The molecule has 2 bridgehead atoms. The summed E-state index contributed by atoms with van der Waals surface area (Å²) < 4.78 is 1.98. The number of hydrogen-bond acceptors (Lipinski definition) is 5. The molecule has 0 amide bonds. The van der Waals surface area contributed by atoms with Gasteiger partial charge in [-0.1, -0.05) is 6.07 Å². The molecule has 6 heterocycles. The lowest BCUT2D eigenvalue weighted by Crippen LogP contribution is -2.47. The summed E-state index contributed by atoms with van der Waals surface area (Å²) in [5, 5.41) is 1.08. The summed E-state index contributed by atoms with van der Waals surface area (Å²) in [5.74, 6) is 1.73. The molecular weight excluding hydrogens is 374 g/mol. The Morgan fingerprint density at radius 3 is 2.73 bits per heavy atom. The van der Waals surface area contributed by atoms with E-state index >= 15 is 0 Å². The summed E-state index contributed by atoms with van der Waals surface area (Å²) in [6.07, 6.45) is 8.34. The minimum Gasteiger partial charge on any atom is -0.355 e. The number of aromatic nitrogens is 4. The maximum Gasteiger partial charge on any atom is 0.251 e. The largest absolute Gasteiger partial charge is 0.355 e. The molecular formula is C24H21N5O. The zero-order valence-electron chi connectivity index (χ0n) is 16.5. The van der Waals surface area contributed by atoms with Crippen LogP contribution in [0.5, 0.6) is 0 Å². The standard InChI is InChI=1S/C24H21N5O/c30-23-11-18(17-3-1-6-25-12-17)10-22-19-9-16(14-29(22)23)13-28(15-19)24-20-4-2-7-26-21(20)5-8-27-24/h1-8,10-12,16,19H,9,13-15H2/t16-,19+/m0/s1.